The van der Waals surface area contributed by atoms with Crippen LogP contribution in [0.25, 0.3) is 0 Å². The molecule has 2 heterocycles. The zero-order valence-electron chi connectivity index (χ0n) is 11.1. The molecule has 2 aliphatic rings. The fraction of sp³-hybridized carbons (Fsp3) is 0.750. The van der Waals surface area contributed by atoms with Crippen molar-refractivity contribution in [1.82, 2.24) is 8.61 Å². The molecule has 0 spiro atoms. The van der Waals surface area contributed by atoms with E-state index in [9.17, 15) is 13.2 Å². The van der Waals surface area contributed by atoms with E-state index in [-0.39, 0.29) is 12.1 Å². The third kappa shape index (κ3) is 2.98. The molecule has 0 atom stereocenters. The van der Waals surface area contributed by atoms with Gasteiger partial charge in [-0.25, -0.2) is 4.79 Å². The molecular weight excluding hydrogens is 268 g/mol. The van der Waals surface area contributed by atoms with Crippen LogP contribution in [0.1, 0.15) is 32.6 Å². The smallest absolute Gasteiger partial charge is 0.332 e. The molecule has 0 bridgehead atoms. The third-order valence-electron chi connectivity index (χ3n) is 3.81. The highest BCUT2D eigenvalue weighted by Crippen LogP contribution is 2.23. The zero-order chi connectivity index (χ0) is 14.0. The van der Waals surface area contributed by atoms with E-state index >= 15 is 0 Å². The number of nitrogens with zero attached hydrogens (tertiary/aromatic N) is 2. The van der Waals surface area contributed by atoms with Crippen LogP contribution in [0.4, 0.5) is 0 Å². The van der Waals surface area contributed by atoms with E-state index in [0.717, 1.165) is 24.8 Å². The Kier molecular flexibility index (Phi) is 4.27. The summed E-state index contributed by atoms with van der Waals surface area (Å²) >= 11 is 0. The lowest BCUT2D eigenvalue weighted by Gasteiger charge is -2.34. The quantitative estimate of drug-likeness (QED) is 0.834. The summed E-state index contributed by atoms with van der Waals surface area (Å²) in [6.45, 7) is 3.21. The first-order chi connectivity index (χ1) is 8.93. The lowest BCUT2D eigenvalue weighted by molar-refractivity contribution is -0.133. The molecule has 0 unspecified atom stereocenters. The summed E-state index contributed by atoms with van der Waals surface area (Å²) in [4.78, 5) is 11.1. The van der Waals surface area contributed by atoms with Gasteiger partial charge in [-0.15, -0.1) is 0 Å². The molecule has 1 saturated heterocycles. The molecule has 1 N–H and O–H groups in total. The number of carboxylic acid groups (broad SMARTS) is 1. The number of carbonyl (C=O) groups is 1. The predicted molar refractivity (Wildman–Crippen MR) is 70.9 cm³/mol. The Hall–Kier alpha value is -0.920. The third-order valence-corrected chi connectivity index (χ3v) is 5.79. The minimum absolute atomic E-state index is 0.0139. The molecule has 19 heavy (non-hydrogen) atoms. The SMILES string of the molecule is CC1=C(C(=O)O)CN(S(=O)(=O)N2CCCCC2)CC1. The summed E-state index contributed by atoms with van der Waals surface area (Å²) in [6.07, 6.45) is 3.32. The van der Waals surface area contributed by atoms with E-state index in [0.29, 0.717) is 26.1 Å². The zero-order valence-corrected chi connectivity index (χ0v) is 11.9. The largest absolute Gasteiger partial charge is 0.478 e. The molecule has 2 rings (SSSR count). The van der Waals surface area contributed by atoms with Crippen LogP contribution in [-0.2, 0) is 15.0 Å². The minimum atomic E-state index is -3.51. The van der Waals surface area contributed by atoms with Crippen molar-refractivity contribution in [3.63, 3.8) is 0 Å². The summed E-state index contributed by atoms with van der Waals surface area (Å²) in [6, 6.07) is 0. The van der Waals surface area contributed by atoms with E-state index in [1.165, 1.54) is 8.61 Å². The number of aliphatic carboxylic acids is 1. The number of hydrogen-bond acceptors (Lipinski definition) is 3. The second-order valence-corrected chi connectivity index (χ2v) is 7.04. The Balaban J connectivity index is 2.16. The second kappa shape index (κ2) is 5.60. The molecule has 0 aromatic rings. The van der Waals surface area contributed by atoms with Gasteiger partial charge in [0, 0.05) is 26.2 Å². The van der Waals surface area contributed by atoms with Gasteiger partial charge in [0.25, 0.3) is 10.2 Å². The fourth-order valence-corrected chi connectivity index (χ4v) is 4.20. The van der Waals surface area contributed by atoms with Crippen molar-refractivity contribution < 1.29 is 18.3 Å². The van der Waals surface area contributed by atoms with Crippen molar-refractivity contribution in [3.8, 4) is 0 Å². The van der Waals surface area contributed by atoms with E-state index in [4.69, 9.17) is 5.11 Å². The van der Waals surface area contributed by atoms with E-state index in [1.54, 1.807) is 6.92 Å². The molecular formula is C12H20N2O4S. The summed E-state index contributed by atoms with van der Waals surface area (Å²) in [5.41, 5.74) is 0.990. The summed E-state index contributed by atoms with van der Waals surface area (Å²) in [5.74, 6) is -1.02. The molecule has 0 amide bonds. The Morgan fingerprint density at radius 3 is 2.32 bits per heavy atom. The van der Waals surface area contributed by atoms with Gasteiger partial charge >= 0.3 is 5.97 Å². The minimum Gasteiger partial charge on any atom is -0.478 e. The number of hydrogen-bond donors (Lipinski definition) is 1. The highest BCUT2D eigenvalue weighted by molar-refractivity contribution is 7.86. The van der Waals surface area contributed by atoms with Crippen LogP contribution >= 0.6 is 0 Å². The number of piperidine rings is 1. The molecule has 0 radical (unpaired) electrons. The first kappa shape index (κ1) is 14.5. The highest BCUT2D eigenvalue weighted by atomic mass is 32.2. The van der Waals surface area contributed by atoms with Crippen LogP contribution < -0.4 is 0 Å². The number of rotatable bonds is 3. The van der Waals surface area contributed by atoms with E-state index < -0.39 is 16.2 Å². The van der Waals surface area contributed by atoms with Crippen molar-refractivity contribution >= 4 is 16.2 Å². The molecule has 7 heteroatoms. The lowest BCUT2D eigenvalue weighted by Crippen LogP contribution is -2.48. The van der Waals surface area contributed by atoms with Crippen LogP contribution in [0.5, 0.6) is 0 Å². The summed E-state index contributed by atoms with van der Waals surface area (Å²) < 4.78 is 27.7. The monoisotopic (exact) mass is 288 g/mol. The van der Waals surface area contributed by atoms with Gasteiger partial charge in [-0.3, -0.25) is 0 Å². The standard InChI is InChI=1S/C12H20N2O4S/c1-10-5-8-14(9-11(10)12(15)16)19(17,18)13-6-3-2-4-7-13/h2-9H2,1H3,(H,15,16). The first-order valence-electron chi connectivity index (χ1n) is 6.60. The van der Waals surface area contributed by atoms with Crippen molar-refractivity contribution in [1.29, 1.82) is 0 Å². The van der Waals surface area contributed by atoms with E-state index in [2.05, 4.69) is 0 Å². The molecule has 2 aliphatic heterocycles. The maximum absolute atomic E-state index is 12.5. The molecule has 0 aliphatic carbocycles. The van der Waals surface area contributed by atoms with Crippen molar-refractivity contribution in [3.05, 3.63) is 11.1 Å². The molecule has 0 aromatic carbocycles. The Morgan fingerprint density at radius 2 is 1.74 bits per heavy atom. The van der Waals surface area contributed by atoms with Gasteiger partial charge in [-0.2, -0.15) is 17.0 Å². The molecule has 6 nitrogen and oxygen atoms in total. The topological polar surface area (TPSA) is 77.9 Å². The van der Waals surface area contributed by atoms with Gasteiger partial charge < -0.3 is 5.11 Å². The first-order valence-corrected chi connectivity index (χ1v) is 8.00. The van der Waals surface area contributed by atoms with Gasteiger partial charge in [0.15, 0.2) is 0 Å². The van der Waals surface area contributed by atoms with Gasteiger partial charge in [0.05, 0.1) is 5.57 Å². The van der Waals surface area contributed by atoms with Crippen molar-refractivity contribution in [2.24, 2.45) is 0 Å². The Morgan fingerprint density at radius 1 is 1.11 bits per heavy atom. The predicted octanol–water partition coefficient (Wildman–Crippen LogP) is 0.824. The molecule has 1 fully saturated rings. The van der Waals surface area contributed by atoms with Gasteiger partial charge in [-0.1, -0.05) is 12.0 Å². The van der Waals surface area contributed by atoms with Gasteiger partial charge in [0.1, 0.15) is 0 Å². The molecule has 0 aromatic heterocycles. The van der Waals surface area contributed by atoms with Crippen LogP contribution in [0.3, 0.4) is 0 Å². The maximum atomic E-state index is 12.5. The average molecular weight is 288 g/mol. The second-order valence-electron chi connectivity index (χ2n) is 5.12. The Bertz CT molecular complexity index is 492. The van der Waals surface area contributed by atoms with Crippen molar-refractivity contribution in [2.75, 3.05) is 26.2 Å². The van der Waals surface area contributed by atoms with Gasteiger partial charge in [0.2, 0.25) is 0 Å². The van der Waals surface area contributed by atoms with Crippen LogP contribution in [-0.4, -0.2) is 54.3 Å². The van der Waals surface area contributed by atoms with E-state index in [1.807, 2.05) is 0 Å². The van der Waals surface area contributed by atoms with Crippen LogP contribution in [0.15, 0.2) is 11.1 Å². The molecule has 108 valence electrons. The van der Waals surface area contributed by atoms with Crippen LogP contribution in [0, 0.1) is 0 Å². The summed E-state index contributed by atoms with van der Waals surface area (Å²) in [7, 11) is -3.51. The fourth-order valence-electron chi connectivity index (χ4n) is 2.54. The number of carboxylic acids is 1. The highest BCUT2D eigenvalue weighted by Gasteiger charge is 2.34. The normalized spacial score (nSPS) is 23.6. The molecule has 0 saturated carbocycles. The Labute approximate surface area is 113 Å². The van der Waals surface area contributed by atoms with Gasteiger partial charge in [-0.05, 0) is 26.2 Å². The lowest BCUT2D eigenvalue weighted by atomic mass is 10.0. The van der Waals surface area contributed by atoms with Crippen molar-refractivity contribution in [2.45, 2.75) is 32.6 Å². The average Bonchev–Trinajstić information content (AvgIpc) is 2.39. The maximum Gasteiger partial charge on any atom is 0.332 e. The summed E-state index contributed by atoms with van der Waals surface area (Å²) in [5, 5.41) is 9.11. The van der Waals surface area contributed by atoms with Crippen LogP contribution in [0.2, 0.25) is 0 Å².